The van der Waals surface area contributed by atoms with E-state index in [0.29, 0.717) is 17.7 Å². The van der Waals surface area contributed by atoms with Crippen LogP contribution < -0.4 is 0 Å². The van der Waals surface area contributed by atoms with Crippen LogP contribution in [0, 0.1) is 0 Å². The van der Waals surface area contributed by atoms with Crippen LogP contribution in [-0.4, -0.2) is 35.7 Å². The predicted octanol–water partition coefficient (Wildman–Crippen LogP) is 2.67. The summed E-state index contributed by atoms with van der Waals surface area (Å²) in [7, 11) is 0. The molecule has 0 amide bonds. The number of hydrogen-bond acceptors (Lipinski definition) is 2. The Morgan fingerprint density at radius 2 is 2.00 bits per heavy atom. The fourth-order valence-electron chi connectivity index (χ4n) is 2.57. The Morgan fingerprint density at radius 1 is 1.36 bits per heavy atom. The molecule has 2 unspecified atom stereocenters. The highest BCUT2D eigenvalue weighted by Crippen LogP contribution is 2.36. The third kappa shape index (κ3) is 2.12. The monoisotopic (exact) mass is 199 g/mol. The van der Waals surface area contributed by atoms with E-state index in [4.69, 9.17) is 4.74 Å². The van der Waals surface area contributed by atoms with Gasteiger partial charge in [0.1, 0.15) is 0 Å². The maximum absolute atomic E-state index is 5.72. The Bertz CT molecular complexity index is 171. The maximum Gasteiger partial charge on any atom is 0.0704 e. The van der Waals surface area contributed by atoms with Gasteiger partial charge >= 0.3 is 0 Å². The molecule has 3 fully saturated rings. The molecule has 14 heavy (non-hydrogen) atoms. The molecule has 2 bridgehead atoms. The summed E-state index contributed by atoms with van der Waals surface area (Å²) in [5.74, 6) is 0. The number of piperidine rings is 1. The van der Waals surface area contributed by atoms with Crippen LogP contribution in [0.5, 0.6) is 0 Å². The van der Waals surface area contributed by atoms with Gasteiger partial charge in [-0.15, -0.1) is 0 Å². The molecule has 0 aliphatic carbocycles. The van der Waals surface area contributed by atoms with E-state index in [1.807, 2.05) is 13.8 Å². The van der Waals surface area contributed by atoms with Gasteiger partial charge in [0, 0.05) is 18.1 Å². The van der Waals surface area contributed by atoms with Crippen molar-refractivity contribution in [3.63, 3.8) is 0 Å². The van der Waals surface area contributed by atoms with E-state index in [-0.39, 0.29) is 0 Å². The zero-order valence-corrected chi connectivity index (χ0v) is 10.3. The summed E-state index contributed by atoms with van der Waals surface area (Å²) in [6.07, 6.45) is 3.10. The summed E-state index contributed by atoms with van der Waals surface area (Å²) in [5.41, 5.74) is 0.336. The average Bonchev–Trinajstić information content (AvgIpc) is 2.21. The predicted molar refractivity (Wildman–Crippen MR) is 60.6 cm³/mol. The Morgan fingerprint density at radius 3 is 2.29 bits per heavy atom. The van der Waals surface area contributed by atoms with E-state index in [2.05, 4.69) is 25.7 Å². The van der Waals surface area contributed by atoms with Gasteiger partial charge in [-0.3, -0.25) is 4.90 Å². The average molecular weight is 199 g/mol. The SMILES string of the molecule is CC.CC(C)N1CC2CCC1(C)CO2. The third-order valence-corrected chi connectivity index (χ3v) is 3.35. The van der Waals surface area contributed by atoms with Crippen molar-refractivity contribution < 1.29 is 4.74 Å². The summed E-state index contributed by atoms with van der Waals surface area (Å²) >= 11 is 0. The van der Waals surface area contributed by atoms with Gasteiger partial charge in [0.2, 0.25) is 0 Å². The summed E-state index contributed by atoms with van der Waals surface area (Å²) in [6.45, 7) is 13.0. The molecular weight excluding hydrogens is 174 g/mol. The second-order valence-corrected chi connectivity index (χ2v) is 4.71. The van der Waals surface area contributed by atoms with Crippen molar-refractivity contribution in [1.82, 2.24) is 4.90 Å². The minimum absolute atomic E-state index is 0.336. The zero-order valence-electron chi connectivity index (χ0n) is 10.3. The van der Waals surface area contributed by atoms with Gasteiger partial charge in [-0.2, -0.15) is 0 Å². The van der Waals surface area contributed by atoms with E-state index in [1.165, 1.54) is 12.8 Å². The normalized spacial score (nSPS) is 36.9. The van der Waals surface area contributed by atoms with Crippen LogP contribution in [0.2, 0.25) is 0 Å². The number of morpholine rings is 1. The van der Waals surface area contributed by atoms with Gasteiger partial charge in [-0.25, -0.2) is 0 Å². The largest absolute Gasteiger partial charge is 0.375 e. The molecule has 0 N–H and O–H groups in total. The highest BCUT2D eigenvalue weighted by molar-refractivity contribution is 4.98. The van der Waals surface area contributed by atoms with Crippen molar-refractivity contribution in [2.75, 3.05) is 13.2 Å². The number of ether oxygens (including phenoxy) is 1. The molecular formula is C12H25NO. The van der Waals surface area contributed by atoms with Gasteiger partial charge < -0.3 is 4.74 Å². The lowest BCUT2D eigenvalue weighted by atomic mass is 9.84. The topological polar surface area (TPSA) is 12.5 Å². The minimum Gasteiger partial charge on any atom is -0.375 e. The fourth-order valence-corrected chi connectivity index (χ4v) is 2.57. The summed E-state index contributed by atoms with van der Waals surface area (Å²) in [5, 5.41) is 0. The Kier molecular flexibility index (Phi) is 3.96. The number of fused-ring (bicyclic) bond motifs is 3. The summed E-state index contributed by atoms with van der Waals surface area (Å²) in [6, 6.07) is 0.668. The van der Waals surface area contributed by atoms with Gasteiger partial charge in [0.05, 0.1) is 12.7 Å². The number of rotatable bonds is 1. The van der Waals surface area contributed by atoms with E-state index < -0.39 is 0 Å². The van der Waals surface area contributed by atoms with E-state index in [0.717, 1.165) is 13.2 Å². The lowest BCUT2D eigenvalue weighted by Crippen LogP contribution is -2.64. The fraction of sp³-hybridized carbons (Fsp3) is 1.00. The Labute approximate surface area is 88.6 Å². The molecule has 3 aliphatic rings. The molecule has 0 saturated carbocycles. The van der Waals surface area contributed by atoms with Crippen LogP contribution in [0.4, 0.5) is 0 Å². The highest BCUT2D eigenvalue weighted by atomic mass is 16.5. The molecule has 3 rings (SSSR count). The molecule has 3 saturated heterocycles. The summed E-state index contributed by atoms with van der Waals surface area (Å²) < 4.78 is 5.72. The molecule has 2 nitrogen and oxygen atoms in total. The van der Waals surface area contributed by atoms with Crippen molar-refractivity contribution in [2.45, 2.75) is 65.1 Å². The first kappa shape index (κ1) is 12.0. The third-order valence-electron chi connectivity index (χ3n) is 3.35. The van der Waals surface area contributed by atoms with Gasteiger partial charge in [0.25, 0.3) is 0 Å². The molecule has 3 heterocycles. The van der Waals surface area contributed by atoms with Crippen molar-refractivity contribution >= 4 is 0 Å². The van der Waals surface area contributed by atoms with Crippen molar-refractivity contribution in [2.24, 2.45) is 0 Å². The van der Waals surface area contributed by atoms with Crippen LogP contribution in [0.25, 0.3) is 0 Å². The van der Waals surface area contributed by atoms with Crippen molar-refractivity contribution in [3.05, 3.63) is 0 Å². The lowest BCUT2D eigenvalue weighted by Gasteiger charge is -2.54. The summed E-state index contributed by atoms with van der Waals surface area (Å²) in [4.78, 5) is 2.60. The zero-order chi connectivity index (χ0) is 10.8. The number of nitrogens with zero attached hydrogens (tertiary/aromatic N) is 1. The van der Waals surface area contributed by atoms with E-state index in [1.54, 1.807) is 0 Å². The molecule has 3 aliphatic heterocycles. The molecule has 2 atom stereocenters. The molecule has 0 aromatic carbocycles. The second kappa shape index (κ2) is 4.63. The quantitative estimate of drug-likeness (QED) is 0.644. The van der Waals surface area contributed by atoms with E-state index >= 15 is 0 Å². The first-order valence-corrected chi connectivity index (χ1v) is 6.00. The minimum atomic E-state index is 0.336. The molecule has 0 aromatic rings. The first-order valence-electron chi connectivity index (χ1n) is 6.00. The lowest BCUT2D eigenvalue weighted by molar-refractivity contribution is -0.160. The Hall–Kier alpha value is -0.0800. The second-order valence-electron chi connectivity index (χ2n) is 4.71. The molecule has 0 aromatic heterocycles. The van der Waals surface area contributed by atoms with E-state index in [9.17, 15) is 0 Å². The van der Waals surface area contributed by atoms with Crippen molar-refractivity contribution in [3.8, 4) is 0 Å². The highest BCUT2D eigenvalue weighted by Gasteiger charge is 2.44. The molecule has 0 spiro atoms. The van der Waals surface area contributed by atoms with Gasteiger partial charge in [-0.05, 0) is 33.6 Å². The van der Waals surface area contributed by atoms with Crippen LogP contribution in [0.3, 0.4) is 0 Å². The smallest absolute Gasteiger partial charge is 0.0704 e. The van der Waals surface area contributed by atoms with Crippen LogP contribution >= 0.6 is 0 Å². The van der Waals surface area contributed by atoms with Gasteiger partial charge in [0.15, 0.2) is 0 Å². The van der Waals surface area contributed by atoms with Crippen LogP contribution in [0.15, 0.2) is 0 Å². The standard InChI is InChI=1S/C10H19NO.C2H6/c1-8(2)11-6-9-4-5-10(11,3)7-12-9;1-2/h8-9H,4-7H2,1-3H3;1-2H3. The molecule has 2 heteroatoms. The first-order chi connectivity index (χ1) is 6.62. The van der Waals surface area contributed by atoms with Gasteiger partial charge in [-0.1, -0.05) is 13.8 Å². The maximum atomic E-state index is 5.72. The Balaban J connectivity index is 0.000000461. The van der Waals surface area contributed by atoms with Crippen molar-refractivity contribution in [1.29, 1.82) is 0 Å². The van der Waals surface area contributed by atoms with Crippen LogP contribution in [-0.2, 0) is 4.74 Å². The molecule has 0 radical (unpaired) electrons. The number of hydrogen-bond donors (Lipinski definition) is 0. The molecule has 84 valence electrons. The van der Waals surface area contributed by atoms with Crippen LogP contribution in [0.1, 0.15) is 47.5 Å².